The average Bonchev–Trinajstić information content (AvgIpc) is 2.09. The molecule has 3 nitrogen and oxygen atoms in total. The normalized spacial score (nSPS) is 22.1. The Morgan fingerprint density at radius 2 is 2.21 bits per heavy atom. The molecule has 14 heavy (non-hydrogen) atoms. The van der Waals surface area contributed by atoms with Gasteiger partial charge < -0.3 is 9.36 Å². The van der Waals surface area contributed by atoms with Crippen molar-refractivity contribution in [2.45, 2.75) is 51.4 Å². The Labute approximate surface area is 86.6 Å². The molecule has 1 amide bonds. The van der Waals surface area contributed by atoms with Crippen LogP contribution in [0.5, 0.6) is 0 Å². The first-order valence-corrected chi connectivity index (χ1v) is 8.46. The molecule has 1 aliphatic rings. The van der Waals surface area contributed by atoms with Crippen molar-refractivity contribution in [3.05, 3.63) is 0 Å². The second kappa shape index (κ2) is 4.25. The van der Waals surface area contributed by atoms with Gasteiger partial charge in [0.25, 0.3) is 0 Å². The first-order chi connectivity index (χ1) is 6.53. The molecule has 1 rings (SSSR count). The fourth-order valence-electron chi connectivity index (χ4n) is 2.07. The predicted octanol–water partition coefficient (Wildman–Crippen LogP) is 1.79. The molecule has 1 atom stereocenters. The van der Waals surface area contributed by atoms with Gasteiger partial charge in [0.05, 0.1) is 12.5 Å². The maximum atomic E-state index is 11.4. The third-order valence-electron chi connectivity index (χ3n) is 2.94. The van der Waals surface area contributed by atoms with Gasteiger partial charge in [0, 0.05) is 0 Å². The van der Waals surface area contributed by atoms with Gasteiger partial charge in [-0.3, -0.25) is 4.79 Å². The number of hydrogen-bond donors (Lipinski definition) is 0. The summed E-state index contributed by atoms with van der Waals surface area (Å²) in [5, 5.41) is 0. The van der Waals surface area contributed by atoms with Gasteiger partial charge in [-0.2, -0.15) is 0 Å². The van der Waals surface area contributed by atoms with Crippen LogP contribution in [-0.4, -0.2) is 31.0 Å². The topological polar surface area (TPSA) is 37.4 Å². The standard InChI is InChI=1S/C10H19NO2Si/c1-4-5-6-14(2,3)11-9(8-12)7-10(11)13/h8-9H,4-7H2,1-3H3. The molecule has 0 aromatic heterocycles. The number of carbonyl (C=O) groups is 2. The highest BCUT2D eigenvalue weighted by atomic mass is 28.3. The van der Waals surface area contributed by atoms with E-state index in [1.165, 1.54) is 0 Å². The highest BCUT2D eigenvalue weighted by Crippen LogP contribution is 2.29. The van der Waals surface area contributed by atoms with E-state index in [4.69, 9.17) is 0 Å². The summed E-state index contributed by atoms with van der Waals surface area (Å²) >= 11 is 0. The van der Waals surface area contributed by atoms with E-state index in [1.807, 2.05) is 4.57 Å². The second-order valence-corrected chi connectivity index (χ2v) is 9.19. The molecular weight excluding hydrogens is 194 g/mol. The first kappa shape index (κ1) is 11.4. The number of hydrogen-bond acceptors (Lipinski definition) is 2. The van der Waals surface area contributed by atoms with Gasteiger partial charge in [-0.05, 0) is 6.04 Å². The lowest BCUT2D eigenvalue weighted by molar-refractivity contribution is -0.142. The van der Waals surface area contributed by atoms with Crippen LogP contribution in [0.25, 0.3) is 0 Å². The Hall–Kier alpha value is -0.643. The van der Waals surface area contributed by atoms with Gasteiger partial charge in [-0.15, -0.1) is 0 Å². The van der Waals surface area contributed by atoms with E-state index in [2.05, 4.69) is 20.0 Å². The van der Waals surface area contributed by atoms with Crippen molar-refractivity contribution >= 4 is 20.4 Å². The molecule has 0 aliphatic carbocycles. The van der Waals surface area contributed by atoms with E-state index >= 15 is 0 Å². The van der Waals surface area contributed by atoms with Crippen molar-refractivity contribution < 1.29 is 9.59 Å². The maximum Gasteiger partial charge on any atom is 0.217 e. The molecule has 1 fully saturated rings. The molecule has 1 aliphatic heterocycles. The van der Waals surface area contributed by atoms with E-state index < -0.39 is 8.24 Å². The number of aldehydes is 1. The Morgan fingerprint density at radius 1 is 1.57 bits per heavy atom. The van der Waals surface area contributed by atoms with Crippen LogP contribution in [0, 0.1) is 0 Å². The summed E-state index contributed by atoms with van der Waals surface area (Å²) in [4.78, 5) is 22.1. The SMILES string of the molecule is CCCC[Si](C)(C)N1C(=O)CC1C=O. The smallest absolute Gasteiger partial charge is 0.217 e. The minimum atomic E-state index is -1.64. The van der Waals surface area contributed by atoms with Crippen LogP contribution in [0.2, 0.25) is 19.1 Å². The first-order valence-electron chi connectivity index (χ1n) is 5.30. The van der Waals surface area contributed by atoms with Crippen molar-refractivity contribution in [2.24, 2.45) is 0 Å². The molecule has 0 N–H and O–H groups in total. The van der Waals surface area contributed by atoms with Crippen LogP contribution in [0.3, 0.4) is 0 Å². The van der Waals surface area contributed by atoms with E-state index in [9.17, 15) is 9.59 Å². The molecule has 1 heterocycles. The largest absolute Gasteiger partial charge is 0.360 e. The molecule has 80 valence electrons. The van der Waals surface area contributed by atoms with Gasteiger partial charge in [0.15, 0.2) is 8.24 Å². The lowest BCUT2D eigenvalue weighted by atomic mass is 10.1. The summed E-state index contributed by atoms with van der Waals surface area (Å²) in [5.41, 5.74) is 0. The summed E-state index contributed by atoms with van der Waals surface area (Å²) in [6, 6.07) is 1.00. The van der Waals surface area contributed by atoms with Crippen LogP contribution in [0.15, 0.2) is 0 Å². The highest BCUT2D eigenvalue weighted by molar-refractivity contribution is 6.77. The predicted molar refractivity (Wildman–Crippen MR) is 58.5 cm³/mol. The Morgan fingerprint density at radius 3 is 2.64 bits per heavy atom. The van der Waals surface area contributed by atoms with Crippen LogP contribution < -0.4 is 0 Å². The summed E-state index contributed by atoms with van der Waals surface area (Å²) in [7, 11) is -1.64. The number of nitrogens with zero attached hydrogens (tertiary/aromatic N) is 1. The Bertz CT molecular complexity index is 240. The average molecular weight is 213 g/mol. The summed E-state index contributed by atoms with van der Waals surface area (Å²) in [5.74, 6) is 0.176. The Kier molecular flexibility index (Phi) is 3.47. The second-order valence-electron chi connectivity index (χ2n) is 4.59. The molecule has 0 saturated carbocycles. The van der Waals surface area contributed by atoms with E-state index in [-0.39, 0.29) is 11.9 Å². The summed E-state index contributed by atoms with van der Waals surface area (Å²) < 4.78 is 1.87. The van der Waals surface area contributed by atoms with Gasteiger partial charge in [-0.25, -0.2) is 0 Å². The lowest BCUT2D eigenvalue weighted by Crippen LogP contribution is -2.65. The quantitative estimate of drug-likeness (QED) is 0.397. The van der Waals surface area contributed by atoms with Crippen molar-refractivity contribution in [3.63, 3.8) is 0 Å². The van der Waals surface area contributed by atoms with Crippen molar-refractivity contribution in [3.8, 4) is 0 Å². The van der Waals surface area contributed by atoms with Gasteiger partial charge in [0.2, 0.25) is 5.91 Å². The number of amides is 1. The van der Waals surface area contributed by atoms with Crippen molar-refractivity contribution in [1.29, 1.82) is 0 Å². The lowest BCUT2D eigenvalue weighted by Gasteiger charge is -2.47. The van der Waals surface area contributed by atoms with Crippen LogP contribution >= 0.6 is 0 Å². The maximum absolute atomic E-state index is 11.4. The van der Waals surface area contributed by atoms with E-state index in [1.54, 1.807) is 0 Å². The molecular formula is C10H19NO2Si. The van der Waals surface area contributed by atoms with Crippen LogP contribution in [0.4, 0.5) is 0 Å². The van der Waals surface area contributed by atoms with Crippen molar-refractivity contribution in [2.75, 3.05) is 0 Å². The molecule has 0 spiro atoms. The molecule has 0 radical (unpaired) electrons. The third-order valence-corrected chi connectivity index (χ3v) is 6.40. The fraction of sp³-hybridized carbons (Fsp3) is 0.800. The van der Waals surface area contributed by atoms with E-state index in [0.29, 0.717) is 6.42 Å². The van der Waals surface area contributed by atoms with Crippen LogP contribution in [0.1, 0.15) is 26.2 Å². The zero-order valence-electron chi connectivity index (χ0n) is 9.25. The fourth-order valence-corrected chi connectivity index (χ4v) is 5.34. The van der Waals surface area contributed by atoms with Crippen molar-refractivity contribution in [1.82, 2.24) is 4.57 Å². The van der Waals surface area contributed by atoms with Gasteiger partial charge in [0.1, 0.15) is 6.29 Å². The highest BCUT2D eigenvalue weighted by Gasteiger charge is 2.45. The molecule has 1 saturated heterocycles. The number of β-lactam (4-membered cyclic amide) rings is 1. The van der Waals surface area contributed by atoms with Gasteiger partial charge in [-0.1, -0.05) is 32.9 Å². The zero-order chi connectivity index (χ0) is 10.8. The zero-order valence-corrected chi connectivity index (χ0v) is 10.2. The third kappa shape index (κ3) is 2.05. The monoisotopic (exact) mass is 213 g/mol. The Balaban J connectivity index is 2.60. The number of carbonyl (C=O) groups excluding carboxylic acids is 2. The number of unbranched alkanes of at least 4 members (excludes halogenated alkanes) is 1. The molecule has 0 bridgehead atoms. The molecule has 0 aromatic carbocycles. The molecule has 1 unspecified atom stereocenters. The minimum Gasteiger partial charge on any atom is -0.360 e. The number of rotatable bonds is 5. The summed E-state index contributed by atoms with van der Waals surface area (Å²) in [6.07, 6.45) is 3.67. The molecule has 0 aromatic rings. The minimum absolute atomic E-state index is 0.110. The molecule has 4 heteroatoms. The summed E-state index contributed by atoms with van der Waals surface area (Å²) in [6.45, 7) is 6.51. The van der Waals surface area contributed by atoms with E-state index in [0.717, 1.165) is 25.2 Å². The van der Waals surface area contributed by atoms with Gasteiger partial charge >= 0.3 is 0 Å². The van der Waals surface area contributed by atoms with Crippen LogP contribution in [-0.2, 0) is 9.59 Å².